The Morgan fingerprint density at radius 2 is 1.94 bits per heavy atom. The summed E-state index contributed by atoms with van der Waals surface area (Å²) in [7, 11) is 0. The molecule has 2 saturated heterocycles. The maximum atomic E-state index is 13.7. The van der Waals surface area contributed by atoms with Crippen molar-refractivity contribution in [2.45, 2.75) is 38.4 Å². The minimum absolute atomic E-state index is 0.0337. The largest absolute Gasteiger partial charge is 0.329 e. The molecular formula is C23H26ClN5O3. The van der Waals surface area contributed by atoms with Gasteiger partial charge < -0.3 is 14.7 Å². The first-order chi connectivity index (χ1) is 15.3. The van der Waals surface area contributed by atoms with E-state index in [1.54, 1.807) is 51.2 Å². The van der Waals surface area contributed by atoms with Crippen molar-refractivity contribution in [1.82, 2.24) is 19.7 Å². The third-order valence-corrected chi connectivity index (χ3v) is 6.35. The highest BCUT2D eigenvalue weighted by Crippen LogP contribution is 2.36. The van der Waals surface area contributed by atoms with Crippen molar-refractivity contribution in [1.29, 1.82) is 0 Å². The number of nitrogens with zero attached hydrogens (tertiary/aromatic N) is 4. The summed E-state index contributed by atoms with van der Waals surface area (Å²) < 4.78 is 0. The highest BCUT2D eigenvalue weighted by atomic mass is 35.5. The Kier molecular flexibility index (Phi) is 6.06. The molecule has 0 aliphatic carbocycles. The molecule has 1 unspecified atom stereocenters. The van der Waals surface area contributed by atoms with Crippen molar-refractivity contribution >= 4 is 35.3 Å². The molecule has 168 valence electrons. The van der Waals surface area contributed by atoms with Crippen LogP contribution >= 0.6 is 11.6 Å². The van der Waals surface area contributed by atoms with Gasteiger partial charge in [-0.1, -0.05) is 29.8 Å². The van der Waals surface area contributed by atoms with E-state index in [9.17, 15) is 14.4 Å². The second kappa shape index (κ2) is 8.78. The van der Waals surface area contributed by atoms with Crippen molar-refractivity contribution in [2.75, 3.05) is 25.0 Å². The molecule has 0 radical (unpaired) electrons. The molecule has 1 atom stereocenters. The zero-order chi connectivity index (χ0) is 22.9. The van der Waals surface area contributed by atoms with Crippen LogP contribution in [-0.2, 0) is 16.1 Å². The summed E-state index contributed by atoms with van der Waals surface area (Å²) >= 11 is 6.00. The predicted octanol–water partition coefficient (Wildman–Crippen LogP) is 2.99. The molecule has 8 nitrogen and oxygen atoms in total. The van der Waals surface area contributed by atoms with Crippen LogP contribution in [0, 0.1) is 0 Å². The van der Waals surface area contributed by atoms with Gasteiger partial charge >= 0.3 is 6.03 Å². The fourth-order valence-corrected chi connectivity index (χ4v) is 4.47. The molecule has 2 aromatic rings. The van der Waals surface area contributed by atoms with E-state index in [1.807, 2.05) is 26.0 Å². The van der Waals surface area contributed by atoms with Gasteiger partial charge in [-0.15, -0.1) is 0 Å². The fourth-order valence-electron chi connectivity index (χ4n) is 4.34. The lowest BCUT2D eigenvalue weighted by atomic mass is 9.89. The number of benzene rings is 1. The van der Waals surface area contributed by atoms with Gasteiger partial charge in [0.05, 0.1) is 6.54 Å². The summed E-state index contributed by atoms with van der Waals surface area (Å²) in [5.74, 6) is 0.195. The van der Waals surface area contributed by atoms with Crippen molar-refractivity contribution in [3.05, 3.63) is 59.2 Å². The topological polar surface area (TPSA) is 85.8 Å². The molecule has 4 rings (SSSR count). The molecule has 1 spiro atoms. The minimum Gasteiger partial charge on any atom is -0.329 e. The van der Waals surface area contributed by atoms with Crippen molar-refractivity contribution in [3.63, 3.8) is 0 Å². The van der Waals surface area contributed by atoms with Crippen molar-refractivity contribution < 1.29 is 14.4 Å². The maximum Gasteiger partial charge on any atom is 0.323 e. The van der Waals surface area contributed by atoms with Crippen LogP contribution in [0.1, 0.15) is 25.8 Å². The van der Waals surface area contributed by atoms with Crippen molar-refractivity contribution in [3.8, 4) is 0 Å². The van der Waals surface area contributed by atoms with Gasteiger partial charge in [0.15, 0.2) is 0 Å². The highest BCUT2D eigenvalue weighted by Gasteiger charge is 2.57. The molecule has 0 saturated carbocycles. The number of rotatable bonds is 4. The Balaban J connectivity index is 1.61. The van der Waals surface area contributed by atoms with Gasteiger partial charge in [0, 0.05) is 30.4 Å². The summed E-state index contributed by atoms with van der Waals surface area (Å²) in [5.41, 5.74) is -0.218. The number of aromatic nitrogens is 1. The maximum absolute atomic E-state index is 13.7. The summed E-state index contributed by atoms with van der Waals surface area (Å²) in [6.45, 7) is 4.60. The fraction of sp³-hybridized carbons (Fsp3) is 0.391. The van der Waals surface area contributed by atoms with Crippen molar-refractivity contribution in [2.24, 2.45) is 0 Å². The van der Waals surface area contributed by atoms with Gasteiger partial charge in [0.25, 0.3) is 5.91 Å². The number of carbonyl (C=O) groups excluding carboxylic acids is 3. The van der Waals surface area contributed by atoms with E-state index in [0.717, 1.165) is 5.56 Å². The van der Waals surface area contributed by atoms with Gasteiger partial charge in [0.1, 0.15) is 17.9 Å². The highest BCUT2D eigenvalue weighted by molar-refractivity contribution is 6.30. The molecule has 2 aliphatic heterocycles. The third-order valence-electron chi connectivity index (χ3n) is 6.09. The Morgan fingerprint density at radius 3 is 2.59 bits per heavy atom. The SMILES string of the molecule is CC(C)N1CC(=O)N(Cc2ccc(Cl)cc2)C2(CCN(C(=O)Nc3ccccn3)C2)C1=O. The van der Waals surface area contributed by atoms with Gasteiger partial charge in [-0.25, -0.2) is 9.78 Å². The summed E-state index contributed by atoms with van der Waals surface area (Å²) in [6.07, 6.45) is 1.98. The molecule has 0 bridgehead atoms. The molecule has 1 aromatic heterocycles. The summed E-state index contributed by atoms with van der Waals surface area (Å²) in [5, 5.41) is 3.37. The Hall–Kier alpha value is -3.13. The average molecular weight is 456 g/mol. The molecule has 1 N–H and O–H groups in total. The van der Waals surface area contributed by atoms with Crippen LogP contribution in [0.25, 0.3) is 0 Å². The number of hydrogen-bond acceptors (Lipinski definition) is 4. The molecule has 3 heterocycles. The number of nitrogens with one attached hydrogen (secondary N) is 1. The van der Waals surface area contributed by atoms with Crippen LogP contribution in [0.4, 0.5) is 10.6 Å². The first-order valence-electron chi connectivity index (χ1n) is 10.6. The molecule has 9 heteroatoms. The quantitative estimate of drug-likeness (QED) is 0.767. The number of piperazine rings is 1. The standard InChI is InChI=1S/C23H26ClN5O3/c1-16(2)28-14-20(30)29(13-17-6-8-18(24)9-7-17)23(21(28)31)10-12-27(15-23)22(32)26-19-5-3-4-11-25-19/h3-9,11,16H,10,12-15H2,1-2H3,(H,25,26,32). The van der Waals surface area contributed by atoms with Crippen LogP contribution in [0.5, 0.6) is 0 Å². The van der Waals surface area contributed by atoms with Gasteiger partial charge in [-0.05, 0) is 50.1 Å². The minimum atomic E-state index is -1.10. The molecule has 4 amide bonds. The molecule has 2 fully saturated rings. The number of urea groups is 1. The molecule has 32 heavy (non-hydrogen) atoms. The first-order valence-corrected chi connectivity index (χ1v) is 11.0. The number of carbonyl (C=O) groups is 3. The smallest absolute Gasteiger partial charge is 0.323 e. The molecular weight excluding hydrogens is 430 g/mol. The van der Waals surface area contributed by atoms with Gasteiger partial charge in [0.2, 0.25) is 5.91 Å². The lowest BCUT2D eigenvalue weighted by Crippen LogP contribution is -2.69. The van der Waals surface area contributed by atoms with Crippen LogP contribution in [0.2, 0.25) is 5.02 Å². The van der Waals surface area contributed by atoms with E-state index in [1.165, 1.54) is 0 Å². The van der Waals surface area contributed by atoms with Crippen LogP contribution < -0.4 is 5.32 Å². The number of likely N-dealkylation sites (tertiary alicyclic amines) is 1. The van der Waals surface area contributed by atoms with E-state index in [2.05, 4.69) is 10.3 Å². The Bertz CT molecular complexity index is 1010. The summed E-state index contributed by atoms with van der Waals surface area (Å²) in [4.78, 5) is 48.7. The van der Waals surface area contributed by atoms with E-state index < -0.39 is 5.54 Å². The van der Waals surface area contributed by atoms with E-state index >= 15 is 0 Å². The van der Waals surface area contributed by atoms with Gasteiger partial charge in [-0.2, -0.15) is 0 Å². The normalized spacial score (nSPS) is 21.1. The number of amides is 4. The van der Waals surface area contributed by atoms with Crippen LogP contribution in [0.15, 0.2) is 48.7 Å². The van der Waals surface area contributed by atoms with Gasteiger partial charge in [-0.3, -0.25) is 14.9 Å². The monoisotopic (exact) mass is 455 g/mol. The zero-order valence-corrected chi connectivity index (χ0v) is 18.9. The molecule has 2 aliphatic rings. The van der Waals surface area contributed by atoms with E-state index in [0.29, 0.717) is 23.8 Å². The first kappa shape index (κ1) is 22.1. The Morgan fingerprint density at radius 1 is 1.19 bits per heavy atom. The number of pyridine rings is 1. The van der Waals surface area contributed by atoms with Crippen LogP contribution in [-0.4, -0.2) is 68.7 Å². The zero-order valence-electron chi connectivity index (χ0n) is 18.1. The number of anilines is 1. The second-order valence-corrected chi connectivity index (χ2v) is 8.92. The second-order valence-electron chi connectivity index (χ2n) is 8.48. The average Bonchev–Trinajstić information content (AvgIpc) is 3.22. The predicted molar refractivity (Wildman–Crippen MR) is 121 cm³/mol. The Labute approximate surface area is 192 Å². The van der Waals surface area contributed by atoms with E-state index in [4.69, 9.17) is 11.6 Å². The number of hydrogen-bond donors (Lipinski definition) is 1. The summed E-state index contributed by atoms with van der Waals surface area (Å²) in [6, 6.07) is 12.0. The molecule has 1 aromatic carbocycles. The lowest BCUT2D eigenvalue weighted by Gasteiger charge is -2.48. The van der Waals surface area contributed by atoms with E-state index in [-0.39, 0.29) is 43.5 Å². The number of halogens is 1. The third kappa shape index (κ3) is 4.14. The lowest BCUT2D eigenvalue weighted by molar-refractivity contribution is -0.166. The van der Waals surface area contributed by atoms with Crippen LogP contribution in [0.3, 0.4) is 0 Å².